The van der Waals surface area contributed by atoms with E-state index < -0.39 is 0 Å². The average Bonchev–Trinajstić information content (AvgIpc) is 2.35. The van der Waals surface area contributed by atoms with Crippen LogP contribution in [0.4, 0.5) is 0 Å². The van der Waals surface area contributed by atoms with Crippen LogP contribution in [0.5, 0.6) is 0 Å². The molecule has 1 fully saturated rings. The van der Waals surface area contributed by atoms with Gasteiger partial charge in [-0.25, -0.2) is 0 Å². The highest BCUT2D eigenvalue weighted by Gasteiger charge is 2.30. The smallest absolute Gasteiger partial charge is 0.244 e. The third kappa shape index (κ3) is 9.11. The summed E-state index contributed by atoms with van der Waals surface area (Å²) in [5, 5.41) is 3.15. The topological polar surface area (TPSA) is 41.6 Å². The number of nitrogens with one attached hydrogen (secondary N) is 1. The first-order chi connectivity index (χ1) is 10.6. The summed E-state index contributed by atoms with van der Waals surface area (Å²) in [6.07, 6.45) is 5.77. The molecule has 0 aromatic heterocycles. The van der Waals surface area contributed by atoms with Crippen molar-refractivity contribution in [1.29, 1.82) is 0 Å². The second kappa shape index (κ2) is 8.84. The van der Waals surface area contributed by atoms with E-state index in [0.29, 0.717) is 5.92 Å². The van der Waals surface area contributed by atoms with Gasteiger partial charge in [0.15, 0.2) is 0 Å². The highest BCUT2D eigenvalue weighted by atomic mass is 16.5. The molecule has 1 aliphatic rings. The number of amides is 1. The molecule has 0 saturated carbocycles. The van der Waals surface area contributed by atoms with Gasteiger partial charge in [-0.05, 0) is 38.0 Å². The number of morpholine rings is 1. The molecule has 134 valence electrons. The van der Waals surface area contributed by atoms with E-state index in [2.05, 4.69) is 51.8 Å². The number of ether oxygens (including phenoxy) is 1. The predicted octanol–water partition coefficient (Wildman–Crippen LogP) is 3.23. The van der Waals surface area contributed by atoms with Gasteiger partial charge in [0.2, 0.25) is 5.91 Å². The largest absolute Gasteiger partial charge is 0.379 e. The highest BCUT2D eigenvalue weighted by molar-refractivity contribution is 5.88. The Balaban J connectivity index is 2.41. The summed E-state index contributed by atoms with van der Waals surface area (Å²) in [7, 11) is 0. The van der Waals surface area contributed by atoms with E-state index in [1.54, 1.807) is 6.08 Å². The molecular formula is C19H36N2O2. The van der Waals surface area contributed by atoms with Crippen LogP contribution in [0.2, 0.25) is 0 Å². The number of nitrogens with zero attached hydrogens (tertiary/aromatic N) is 1. The first kappa shape index (κ1) is 20.2. The molecule has 0 bridgehead atoms. The quantitative estimate of drug-likeness (QED) is 0.697. The first-order valence-electron chi connectivity index (χ1n) is 8.88. The van der Waals surface area contributed by atoms with Gasteiger partial charge in [0.1, 0.15) is 0 Å². The molecule has 1 rings (SSSR count). The lowest BCUT2D eigenvalue weighted by atomic mass is 9.75. The van der Waals surface area contributed by atoms with Crippen molar-refractivity contribution in [3.8, 4) is 0 Å². The fraction of sp³-hybridized carbons (Fsp3) is 0.842. The molecule has 1 saturated heterocycles. The van der Waals surface area contributed by atoms with E-state index in [9.17, 15) is 4.79 Å². The predicted molar refractivity (Wildman–Crippen MR) is 96.5 cm³/mol. The summed E-state index contributed by atoms with van der Waals surface area (Å²) in [4.78, 5) is 14.5. The van der Waals surface area contributed by atoms with E-state index in [0.717, 1.165) is 39.3 Å². The Bertz CT molecular complexity index is 394. The fourth-order valence-electron chi connectivity index (χ4n) is 3.89. The standard InChI is InChI=1S/C19H36N2O2/c1-16(2)14-18(3,4)15-19(5,6)20-17(22)8-7-9-21-10-12-23-13-11-21/h7-8,16H,9-15H2,1-6H3,(H,20,22)/b8-7+. The van der Waals surface area contributed by atoms with Gasteiger partial charge in [0.05, 0.1) is 13.2 Å². The zero-order chi connectivity index (χ0) is 17.5. The maximum Gasteiger partial charge on any atom is 0.244 e. The van der Waals surface area contributed by atoms with Gasteiger partial charge in [0, 0.05) is 31.2 Å². The van der Waals surface area contributed by atoms with Gasteiger partial charge in [-0.3, -0.25) is 9.69 Å². The molecule has 0 aliphatic carbocycles. The van der Waals surface area contributed by atoms with Crippen molar-refractivity contribution < 1.29 is 9.53 Å². The van der Waals surface area contributed by atoms with Crippen LogP contribution >= 0.6 is 0 Å². The van der Waals surface area contributed by atoms with E-state index in [1.807, 2.05) is 6.08 Å². The maximum atomic E-state index is 12.2. The average molecular weight is 325 g/mol. The summed E-state index contributed by atoms with van der Waals surface area (Å²) >= 11 is 0. The van der Waals surface area contributed by atoms with Gasteiger partial charge >= 0.3 is 0 Å². The number of carbonyl (C=O) groups excluding carboxylic acids is 1. The number of rotatable bonds is 8. The van der Waals surface area contributed by atoms with Crippen LogP contribution < -0.4 is 5.32 Å². The maximum absolute atomic E-state index is 12.2. The Morgan fingerprint density at radius 2 is 1.83 bits per heavy atom. The lowest BCUT2D eigenvalue weighted by Crippen LogP contribution is -2.46. The Morgan fingerprint density at radius 3 is 2.39 bits per heavy atom. The summed E-state index contributed by atoms with van der Waals surface area (Å²) in [6.45, 7) is 17.6. The van der Waals surface area contributed by atoms with Crippen molar-refractivity contribution in [3.05, 3.63) is 12.2 Å². The normalized spacial score (nSPS) is 17.9. The van der Waals surface area contributed by atoms with E-state index in [4.69, 9.17) is 4.74 Å². The summed E-state index contributed by atoms with van der Waals surface area (Å²) in [5.41, 5.74) is 0.0290. The van der Waals surface area contributed by atoms with Crippen molar-refractivity contribution in [2.45, 2.75) is 59.9 Å². The molecule has 1 N–H and O–H groups in total. The summed E-state index contributed by atoms with van der Waals surface area (Å²) in [5.74, 6) is 0.675. The van der Waals surface area contributed by atoms with E-state index in [-0.39, 0.29) is 16.9 Å². The summed E-state index contributed by atoms with van der Waals surface area (Å²) in [6, 6.07) is 0. The van der Waals surface area contributed by atoms with Crippen molar-refractivity contribution in [2.75, 3.05) is 32.8 Å². The SMILES string of the molecule is CC(C)CC(C)(C)CC(C)(C)NC(=O)/C=C/CN1CCOCC1. The minimum atomic E-state index is -0.196. The Morgan fingerprint density at radius 1 is 1.22 bits per heavy atom. The van der Waals surface area contributed by atoms with Crippen molar-refractivity contribution in [1.82, 2.24) is 10.2 Å². The zero-order valence-electron chi connectivity index (χ0n) is 15.9. The van der Waals surface area contributed by atoms with Crippen LogP contribution in [0.25, 0.3) is 0 Å². The molecule has 1 heterocycles. The lowest BCUT2D eigenvalue weighted by molar-refractivity contribution is -0.118. The molecule has 23 heavy (non-hydrogen) atoms. The molecule has 1 amide bonds. The fourth-order valence-corrected chi connectivity index (χ4v) is 3.89. The summed E-state index contributed by atoms with van der Waals surface area (Å²) < 4.78 is 5.32. The molecule has 4 heteroatoms. The minimum Gasteiger partial charge on any atom is -0.379 e. The molecule has 1 aliphatic heterocycles. The molecule has 0 radical (unpaired) electrons. The van der Waals surface area contributed by atoms with Gasteiger partial charge < -0.3 is 10.1 Å². The van der Waals surface area contributed by atoms with Crippen LogP contribution in [-0.2, 0) is 9.53 Å². The van der Waals surface area contributed by atoms with Crippen molar-refractivity contribution >= 4 is 5.91 Å². The molecule has 4 nitrogen and oxygen atoms in total. The number of hydrogen-bond donors (Lipinski definition) is 1. The Kier molecular flexibility index (Phi) is 7.75. The molecule has 0 atom stereocenters. The molecular weight excluding hydrogens is 288 g/mol. The monoisotopic (exact) mass is 324 g/mol. The zero-order valence-corrected chi connectivity index (χ0v) is 15.9. The van der Waals surface area contributed by atoms with Gasteiger partial charge in [-0.2, -0.15) is 0 Å². The van der Waals surface area contributed by atoms with E-state index in [1.165, 1.54) is 6.42 Å². The third-order valence-corrected chi connectivity index (χ3v) is 4.08. The van der Waals surface area contributed by atoms with Crippen LogP contribution in [0.15, 0.2) is 12.2 Å². The van der Waals surface area contributed by atoms with Crippen molar-refractivity contribution in [3.63, 3.8) is 0 Å². The Hall–Kier alpha value is -0.870. The number of carbonyl (C=O) groups is 1. The molecule has 0 spiro atoms. The highest BCUT2D eigenvalue weighted by Crippen LogP contribution is 2.34. The van der Waals surface area contributed by atoms with Gasteiger partial charge in [0.25, 0.3) is 0 Å². The lowest BCUT2D eigenvalue weighted by Gasteiger charge is -2.36. The van der Waals surface area contributed by atoms with Crippen molar-refractivity contribution in [2.24, 2.45) is 11.3 Å². The first-order valence-corrected chi connectivity index (χ1v) is 8.88. The third-order valence-electron chi connectivity index (χ3n) is 4.08. The van der Waals surface area contributed by atoms with Crippen LogP contribution in [-0.4, -0.2) is 49.2 Å². The number of hydrogen-bond acceptors (Lipinski definition) is 3. The minimum absolute atomic E-state index is 0.00334. The molecule has 0 aromatic rings. The van der Waals surface area contributed by atoms with Crippen LogP contribution in [0.1, 0.15) is 54.4 Å². The second-order valence-electron chi connectivity index (χ2n) is 8.63. The Labute approximate surface area is 142 Å². The van der Waals surface area contributed by atoms with Gasteiger partial charge in [-0.1, -0.05) is 33.8 Å². The molecule has 0 aromatic carbocycles. The molecule has 0 unspecified atom stereocenters. The van der Waals surface area contributed by atoms with E-state index >= 15 is 0 Å². The van der Waals surface area contributed by atoms with Crippen LogP contribution in [0, 0.1) is 11.3 Å². The van der Waals surface area contributed by atoms with Crippen LogP contribution in [0.3, 0.4) is 0 Å². The van der Waals surface area contributed by atoms with Gasteiger partial charge in [-0.15, -0.1) is 0 Å². The second-order valence-corrected chi connectivity index (χ2v) is 8.63.